The minimum atomic E-state index is -0.610. The van der Waals surface area contributed by atoms with Gasteiger partial charge in [-0.1, -0.05) is 13.0 Å². The second kappa shape index (κ2) is 8.04. The van der Waals surface area contributed by atoms with E-state index in [-0.39, 0.29) is 30.0 Å². The number of hydrogen-bond acceptors (Lipinski definition) is 4. The van der Waals surface area contributed by atoms with Gasteiger partial charge in [0.25, 0.3) is 5.91 Å². The lowest BCUT2D eigenvalue weighted by molar-refractivity contribution is -0.124. The lowest BCUT2D eigenvalue weighted by atomic mass is 10.2. The lowest BCUT2D eigenvalue weighted by Gasteiger charge is -2.11. The number of hydrogen-bond donors (Lipinski definition) is 2. The molecule has 0 saturated carbocycles. The first kappa shape index (κ1) is 16.7. The summed E-state index contributed by atoms with van der Waals surface area (Å²) in [5, 5.41) is 5.27. The Hall–Kier alpha value is -2.37. The molecule has 0 fully saturated rings. The van der Waals surface area contributed by atoms with Crippen LogP contribution in [0.1, 0.15) is 37.6 Å². The molecule has 1 aromatic rings. The van der Waals surface area contributed by atoms with Crippen LogP contribution in [0.5, 0.6) is 0 Å². The Kier molecular flexibility index (Phi) is 6.39. The molecule has 1 atom stereocenters. The van der Waals surface area contributed by atoms with Crippen LogP contribution in [0.15, 0.2) is 24.3 Å². The van der Waals surface area contributed by atoms with Crippen molar-refractivity contribution < 1.29 is 19.1 Å². The van der Waals surface area contributed by atoms with Crippen LogP contribution in [0.25, 0.3) is 0 Å². The zero-order valence-electron chi connectivity index (χ0n) is 12.4. The van der Waals surface area contributed by atoms with Gasteiger partial charge in [-0.25, -0.2) is 4.79 Å². The number of carbonyl (C=O) groups is 3. The number of ether oxygens (including phenoxy) is 1. The third kappa shape index (κ3) is 6.07. The predicted molar refractivity (Wildman–Crippen MR) is 78.9 cm³/mol. The van der Waals surface area contributed by atoms with Crippen LogP contribution in [0.3, 0.4) is 0 Å². The molecule has 0 aromatic heterocycles. The molecular formula is C15H20N2O4. The summed E-state index contributed by atoms with van der Waals surface area (Å²) in [5.41, 5.74) is 0.776. The Bertz CT molecular complexity index is 528. The molecular weight excluding hydrogens is 272 g/mol. The van der Waals surface area contributed by atoms with Gasteiger partial charge in [0.2, 0.25) is 5.91 Å². The van der Waals surface area contributed by atoms with Crippen molar-refractivity contribution in [2.45, 2.75) is 33.2 Å². The van der Waals surface area contributed by atoms with Gasteiger partial charge in [0.05, 0.1) is 5.56 Å². The molecule has 0 heterocycles. The monoisotopic (exact) mass is 292 g/mol. The highest BCUT2D eigenvalue weighted by Crippen LogP contribution is 2.11. The third-order valence-electron chi connectivity index (χ3n) is 2.77. The van der Waals surface area contributed by atoms with Gasteiger partial charge in [-0.15, -0.1) is 0 Å². The molecule has 2 amide bonds. The first-order valence-corrected chi connectivity index (χ1v) is 6.76. The van der Waals surface area contributed by atoms with Crippen LogP contribution in [-0.4, -0.2) is 30.4 Å². The second-order valence-corrected chi connectivity index (χ2v) is 4.71. The van der Waals surface area contributed by atoms with Crippen molar-refractivity contribution in [1.29, 1.82) is 0 Å². The van der Waals surface area contributed by atoms with E-state index in [1.165, 1.54) is 13.0 Å². The molecule has 21 heavy (non-hydrogen) atoms. The Morgan fingerprint density at radius 3 is 2.62 bits per heavy atom. The Morgan fingerprint density at radius 2 is 2.00 bits per heavy atom. The van der Waals surface area contributed by atoms with Crippen molar-refractivity contribution in [3.63, 3.8) is 0 Å². The van der Waals surface area contributed by atoms with Gasteiger partial charge in [0, 0.05) is 18.7 Å². The molecule has 0 aliphatic carbocycles. The minimum absolute atomic E-state index is 0.0410. The largest absolute Gasteiger partial charge is 0.452 e. The van der Waals surface area contributed by atoms with E-state index in [4.69, 9.17) is 4.74 Å². The van der Waals surface area contributed by atoms with E-state index in [9.17, 15) is 14.4 Å². The summed E-state index contributed by atoms with van der Waals surface area (Å²) in [4.78, 5) is 34.3. The first-order valence-electron chi connectivity index (χ1n) is 6.76. The van der Waals surface area contributed by atoms with Gasteiger partial charge >= 0.3 is 5.97 Å². The maximum atomic E-state index is 11.8. The molecule has 0 aliphatic heterocycles. The minimum Gasteiger partial charge on any atom is -0.452 e. The number of amides is 2. The smallest absolute Gasteiger partial charge is 0.338 e. The zero-order chi connectivity index (χ0) is 15.8. The van der Waals surface area contributed by atoms with E-state index < -0.39 is 5.97 Å². The molecule has 0 saturated heterocycles. The standard InChI is InChI=1S/C15H20N2O4/c1-4-10(2)16-14(19)9-21-15(20)12-6-5-7-13(8-12)17-11(3)18/h5-8,10H,4,9H2,1-3H3,(H,16,19)(H,17,18)/t10-/m0/s1. The van der Waals surface area contributed by atoms with Gasteiger partial charge in [0.15, 0.2) is 6.61 Å². The van der Waals surface area contributed by atoms with E-state index in [1.807, 2.05) is 13.8 Å². The fraction of sp³-hybridized carbons (Fsp3) is 0.400. The predicted octanol–water partition coefficient (Wildman–Crippen LogP) is 1.72. The number of nitrogens with one attached hydrogen (secondary N) is 2. The van der Waals surface area contributed by atoms with Crippen molar-refractivity contribution in [2.75, 3.05) is 11.9 Å². The van der Waals surface area contributed by atoms with E-state index in [0.717, 1.165) is 6.42 Å². The van der Waals surface area contributed by atoms with Gasteiger partial charge in [0.1, 0.15) is 0 Å². The topological polar surface area (TPSA) is 84.5 Å². The summed E-state index contributed by atoms with van der Waals surface area (Å²) in [6.45, 7) is 4.87. The van der Waals surface area contributed by atoms with Crippen LogP contribution < -0.4 is 10.6 Å². The van der Waals surface area contributed by atoms with Crippen LogP contribution in [0.2, 0.25) is 0 Å². The summed E-state index contributed by atoms with van der Waals surface area (Å²) in [6, 6.07) is 6.38. The van der Waals surface area contributed by atoms with Crippen LogP contribution in [0, 0.1) is 0 Å². The van der Waals surface area contributed by atoms with Crippen molar-refractivity contribution in [2.24, 2.45) is 0 Å². The number of rotatable bonds is 6. The van der Waals surface area contributed by atoms with Crippen molar-refractivity contribution in [1.82, 2.24) is 5.32 Å². The van der Waals surface area contributed by atoms with E-state index >= 15 is 0 Å². The molecule has 6 nitrogen and oxygen atoms in total. The zero-order valence-corrected chi connectivity index (χ0v) is 12.4. The summed E-state index contributed by atoms with van der Waals surface area (Å²) in [5.74, 6) is -1.18. The molecule has 0 bridgehead atoms. The van der Waals surface area contributed by atoms with Crippen LogP contribution >= 0.6 is 0 Å². The number of benzene rings is 1. The summed E-state index contributed by atoms with van der Waals surface area (Å²) < 4.78 is 4.93. The molecule has 2 N–H and O–H groups in total. The maximum Gasteiger partial charge on any atom is 0.338 e. The van der Waals surface area contributed by atoms with E-state index in [1.54, 1.807) is 18.2 Å². The Balaban J connectivity index is 2.55. The summed E-state index contributed by atoms with van der Waals surface area (Å²) in [7, 11) is 0. The average Bonchev–Trinajstić information content (AvgIpc) is 2.44. The van der Waals surface area contributed by atoms with Gasteiger partial charge < -0.3 is 15.4 Å². The highest BCUT2D eigenvalue weighted by atomic mass is 16.5. The average molecular weight is 292 g/mol. The lowest BCUT2D eigenvalue weighted by Crippen LogP contribution is -2.35. The normalized spacial score (nSPS) is 11.4. The van der Waals surface area contributed by atoms with Gasteiger partial charge in [-0.05, 0) is 31.5 Å². The number of esters is 1. The molecule has 0 radical (unpaired) electrons. The molecule has 0 unspecified atom stereocenters. The Labute approximate surface area is 123 Å². The van der Waals surface area contributed by atoms with Crippen molar-refractivity contribution in [3.05, 3.63) is 29.8 Å². The third-order valence-corrected chi connectivity index (χ3v) is 2.77. The quantitative estimate of drug-likeness (QED) is 0.782. The molecule has 1 aromatic carbocycles. The second-order valence-electron chi connectivity index (χ2n) is 4.71. The summed E-state index contributed by atoms with van der Waals surface area (Å²) >= 11 is 0. The van der Waals surface area contributed by atoms with Crippen molar-refractivity contribution in [3.8, 4) is 0 Å². The fourth-order valence-electron chi connectivity index (χ4n) is 1.56. The summed E-state index contributed by atoms with van der Waals surface area (Å²) in [6.07, 6.45) is 0.804. The molecule has 1 rings (SSSR count). The maximum absolute atomic E-state index is 11.8. The number of anilines is 1. The van der Waals surface area contributed by atoms with Gasteiger partial charge in [-0.2, -0.15) is 0 Å². The highest BCUT2D eigenvalue weighted by molar-refractivity contribution is 5.94. The SMILES string of the molecule is CC[C@H](C)NC(=O)COC(=O)c1cccc(NC(C)=O)c1. The molecule has 6 heteroatoms. The van der Waals surface area contributed by atoms with Crippen LogP contribution in [0.4, 0.5) is 5.69 Å². The van der Waals surface area contributed by atoms with Gasteiger partial charge in [-0.3, -0.25) is 9.59 Å². The molecule has 114 valence electrons. The fourth-order valence-corrected chi connectivity index (χ4v) is 1.56. The molecule has 0 aliphatic rings. The van der Waals surface area contributed by atoms with E-state index in [2.05, 4.69) is 10.6 Å². The molecule has 0 spiro atoms. The van der Waals surface area contributed by atoms with Crippen LogP contribution in [-0.2, 0) is 14.3 Å². The Morgan fingerprint density at radius 1 is 1.29 bits per heavy atom. The highest BCUT2D eigenvalue weighted by Gasteiger charge is 2.12. The van der Waals surface area contributed by atoms with E-state index in [0.29, 0.717) is 5.69 Å². The first-order chi connectivity index (χ1) is 9.92. The van der Waals surface area contributed by atoms with Crippen molar-refractivity contribution >= 4 is 23.5 Å². The number of carbonyl (C=O) groups excluding carboxylic acids is 3.